The largest absolute Gasteiger partial charge is 0.0654 e. The molecule has 51 heavy (non-hydrogen) atoms. The van der Waals surface area contributed by atoms with Gasteiger partial charge in [-0.15, -0.1) is 0 Å². The molecule has 0 saturated heterocycles. The van der Waals surface area contributed by atoms with Crippen molar-refractivity contribution in [2.24, 2.45) is 243 Å². The lowest BCUT2D eigenvalue weighted by Crippen LogP contribution is -2.98. The van der Waals surface area contributed by atoms with E-state index >= 15 is 0 Å². The quantitative estimate of drug-likeness (QED) is 0.195. The molecule has 0 heteroatoms. The lowest BCUT2D eigenvalue weighted by molar-refractivity contribution is -0.547. The van der Waals surface area contributed by atoms with Crippen LogP contribution < -0.4 is 0 Å². The third-order valence-corrected chi connectivity index (χ3v) is 29.7. The first-order valence-corrected chi connectivity index (χ1v) is 25.4. The highest BCUT2D eigenvalue weighted by Crippen LogP contribution is 3.02. The number of hydrogen-bond acceptors (Lipinski definition) is 0. The first kappa shape index (κ1) is 25.3. The van der Waals surface area contributed by atoms with Crippen LogP contribution in [0.2, 0.25) is 0 Å². The molecule has 0 aromatic heterocycles. The van der Waals surface area contributed by atoms with Gasteiger partial charge in [-0.2, -0.15) is 0 Å². The number of rotatable bonds is 6. The van der Waals surface area contributed by atoms with Crippen LogP contribution >= 0.6 is 0 Å². The second kappa shape index (κ2) is 6.89. The van der Waals surface area contributed by atoms with Crippen LogP contribution in [0.5, 0.6) is 0 Å². The van der Waals surface area contributed by atoms with Gasteiger partial charge in [-0.3, -0.25) is 0 Å². The van der Waals surface area contributed by atoms with Crippen molar-refractivity contribution in [3.63, 3.8) is 0 Å². The van der Waals surface area contributed by atoms with Crippen molar-refractivity contribution >= 4 is 0 Å². The molecule has 21 aliphatic rings. The lowest BCUT2D eigenvalue weighted by Gasteiger charge is -3.01. The van der Waals surface area contributed by atoms with E-state index in [9.17, 15) is 0 Å². The smallest absolute Gasteiger partial charge is 0.0312 e. The molecule has 0 aromatic carbocycles. The summed E-state index contributed by atoms with van der Waals surface area (Å²) in [5.41, 5.74) is 0. The molecule has 0 heterocycles. The summed E-state index contributed by atoms with van der Waals surface area (Å²) in [6.07, 6.45) is 14.2. The molecule has 0 bridgehead atoms. The van der Waals surface area contributed by atoms with Gasteiger partial charge >= 0.3 is 0 Å². The van der Waals surface area contributed by atoms with E-state index in [0.717, 1.165) is 0 Å². The molecule has 0 aromatic rings. The minimum absolute atomic E-state index is 1.20. The Morgan fingerprint density at radius 3 is 0.804 bits per heavy atom. The first-order chi connectivity index (χ1) is 25.4. The van der Waals surface area contributed by atoms with Crippen LogP contribution in [0.25, 0.3) is 0 Å². The van der Waals surface area contributed by atoms with Crippen molar-refractivity contribution < 1.29 is 0 Å². The summed E-state index contributed by atoms with van der Waals surface area (Å²) in [7, 11) is 0. The van der Waals surface area contributed by atoms with Gasteiger partial charge in [-0.05, 0) is 262 Å². The maximum atomic E-state index is 2.38. The van der Waals surface area contributed by atoms with Crippen LogP contribution in [0.3, 0.4) is 0 Å². The van der Waals surface area contributed by atoms with Gasteiger partial charge in [-0.25, -0.2) is 0 Å². The zero-order valence-corrected chi connectivity index (χ0v) is 31.0. The van der Waals surface area contributed by atoms with Crippen LogP contribution in [-0.4, -0.2) is 0 Å². The summed E-state index contributed by atoms with van der Waals surface area (Å²) in [5.74, 6) is 53.6. The van der Waals surface area contributed by atoms with Crippen LogP contribution in [0.1, 0.15) is 64.7 Å². The Labute approximate surface area is 306 Å². The molecule has 21 rings (SSSR count). The highest BCUT2D eigenvalue weighted by atomic mass is 15.0. The topological polar surface area (TPSA) is 0 Å². The van der Waals surface area contributed by atoms with Crippen molar-refractivity contribution in [3.8, 4) is 0 Å². The van der Waals surface area contributed by atoms with E-state index < -0.39 is 0 Å². The van der Waals surface area contributed by atoms with Gasteiger partial charge in [0.1, 0.15) is 0 Å². The standard InChI is InChI=1S/C51H62/c1-2-3-4-5-6-7-11-10-14-15(11)19-18(14)22-23(19)27-26(22)30-31(27)35-34(30)38-39(35)43-42(38)46-47(43)51-49-45-41-37-33-29-25-21-17-13-9-8-12(13)16(17)20(21)24(25)28(29)32(33)36(37)40(41)44(45)48(49)50(46)51/h11-51H,2-10H2,1H3. The molecule has 0 spiro atoms. The molecule has 41 atom stereocenters. The Hall–Kier alpha value is 0. The van der Waals surface area contributed by atoms with Gasteiger partial charge in [-0.1, -0.05) is 45.4 Å². The molecule has 21 fully saturated rings. The minimum atomic E-state index is 1.20. The number of unbranched alkanes of at least 4 members (excludes halogenated alkanes) is 4. The molecule has 0 aliphatic heterocycles. The zero-order valence-electron chi connectivity index (χ0n) is 31.0. The Morgan fingerprint density at radius 2 is 0.510 bits per heavy atom. The SMILES string of the molecule is CCCCCCCC1CC2C1C1C2C2C1C1C2C2C1C1C2C2C1C1C2C2C1C1C3C4C5C6C7C8C9C%10C%11C%12CCC%12C%11C%10C9C8C7C6C5C4C3C21. The lowest BCUT2D eigenvalue weighted by atomic mass is 9.03. The average Bonchev–Trinajstić information content (AvgIpc) is 3.05. The minimum Gasteiger partial charge on any atom is -0.0654 e. The predicted molar refractivity (Wildman–Crippen MR) is 190 cm³/mol. The van der Waals surface area contributed by atoms with E-state index in [1.807, 2.05) is 0 Å². The van der Waals surface area contributed by atoms with Crippen molar-refractivity contribution in [2.75, 3.05) is 0 Å². The zero-order chi connectivity index (χ0) is 31.0. The van der Waals surface area contributed by atoms with Crippen LogP contribution in [0, 0.1) is 243 Å². The van der Waals surface area contributed by atoms with Gasteiger partial charge in [0.2, 0.25) is 0 Å². The number of hydrogen-bond donors (Lipinski definition) is 0. The van der Waals surface area contributed by atoms with E-state index in [1.54, 1.807) is 38.5 Å². The van der Waals surface area contributed by atoms with E-state index in [0.29, 0.717) is 0 Å². The van der Waals surface area contributed by atoms with Crippen LogP contribution in [0.15, 0.2) is 0 Å². The van der Waals surface area contributed by atoms with Gasteiger partial charge in [0.15, 0.2) is 0 Å². The molecular weight excluding hydrogens is 613 g/mol. The van der Waals surface area contributed by atoms with Crippen LogP contribution in [0.4, 0.5) is 0 Å². The molecule has 0 radical (unpaired) electrons. The molecule has 41 unspecified atom stereocenters. The average molecular weight is 675 g/mol. The van der Waals surface area contributed by atoms with Gasteiger partial charge in [0.25, 0.3) is 0 Å². The normalized spacial score (nSPS) is 89.7. The van der Waals surface area contributed by atoms with E-state index in [2.05, 4.69) is 6.92 Å². The third kappa shape index (κ3) is 1.81. The van der Waals surface area contributed by atoms with Crippen molar-refractivity contribution in [1.82, 2.24) is 0 Å². The van der Waals surface area contributed by atoms with Crippen molar-refractivity contribution in [3.05, 3.63) is 0 Å². The summed E-state index contributed by atoms with van der Waals surface area (Å²) < 4.78 is 0. The fraction of sp³-hybridized carbons (Fsp3) is 1.00. The summed E-state index contributed by atoms with van der Waals surface area (Å²) >= 11 is 0. The summed E-state index contributed by atoms with van der Waals surface area (Å²) in [6.45, 7) is 2.38. The predicted octanol–water partition coefficient (Wildman–Crippen LogP) is 9.07. The van der Waals surface area contributed by atoms with Gasteiger partial charge < -0.3 is 0 Å². The first-order valence-electron chi connectivity index (χ1n) is 25.4. The Balaban J connectivity index is 0.513. The molecule has 0 N–H and O–H groups in total. The molecule has 21 aliphatic carbocycles. The number of fused-ring (bicyclic) bond motifs is 58. The third-order valence-electron chi connectivity index (χ3n) is 29.7. The molecule has 21 saturated carbocycles. The second-order valence-electron chi connectivity index (χ2n) is 27.1. The monoisotopic (exact) mass is 674 g/mol. The Kier molecular flexibility index (Phi) is 3.42. The van der Waals surface area contributed by atoms with E-state index in [4.69, 9.17) is 0 Å². The second-order valence-corrected chi connectivity index (χ2v) is 27.1. The molecule has 0 amide bonds. The fourth-order valence-corrected chi connectivity index (χ4v) is 29.8. The van der Waals surface area contributed by atoms with E-state index in [-0.39, 0.29) is 0 Å². The highest BCUT2D eigenvalue weighted by Gasteiger charge is 2.99. The molecule has 266 valence electrons. The molecule has 0 nitrogen and oxygen atoms in total. The summed E-state index contributed by atoms with van der Waals surface area (Å²) in [4.78, 5) is 0. The Bertz CT molecular complexity index is 1850. The van der Waals surface area contributed by atoms with Crippen molar-refractivity contribution in [2.45, 2.75) is 64.7 Å². The summed E-state index contributed by atoms with van der Waals surface area (Å²) in [6, 6.07) is 0. The summed E-state index contributed by atoms with van der Waals surface area (Å²) in [5, 5.41) is 0. The van der Waals surface area contributed by atoms with E-state index in [1.165, 1.54) is 262 Å². The highest BCUT2D eigenvalue weighted by molar-refractivity contribution is 5.45. The fourth-order valence-electron chi connectivity index (χ4n) is 29.8. The maximum Gasteiger partial charge on any atom is -0.0312 e. The maximum absolute atomic E-state index is 2.38. The van der Waals surface area contributed by atoms with Gasteiger partial charge in [0.05, 0.1) is 0 Å². The Morgan fingerprint density at radius 1 is 0.255 bits per heavy atom. The van der Waals surface area contributed by atoms with Gasteiger partial charge in [0, 0.05) is 0 Å². The van der Waals surface area contributed by atoms with Crippen LogP contribution in [-0.2, 0) is 0 Å². The van der Waals surface area contributed by atoms with Crippen molar-refractivity contribution in [1.29, 1.82) is 0 Å². The molecular formula is C51H62.